The molecule has 7 heteroatoms. The van der Waals surface area contributed by atoms with Gasteiger partial charge in [-0.3, -0.25) is 14.3 Å². The second-order valence-electron chi connectivity index (χ2n) is 4.63. The maximum Gasteiger partial charge on any atom is 0.295 e. The number of hydrogen-bond donors (Lipinski definition) is 2. The Morgan fingerprint density at radius 3 is 2.52 bits per heavy atom. The lowest BCUT2D eigenvalue weighted by Crippen LogP contribution is -2.25. The van der Waals surface area contributed by atoms with Crippen LogP contribution in [0, 0.1) is 6.92 Å². The molecular formula is C14H16N4O2S. The number of nitrogens with two attached hydrogens (primary N) is 1. The van der Waals surface area contributed by atoms with Crippen molar-refractivity contribution < 1.29 is 4.79 Å². The summed E-state index contributed by atoms with van der Waals surface area (Å²) in [5.74, 6) is -0.395. The van der Waals surface area contributed by atoms with Crippen LogP contribution in [-0.2, 0) is 11.8 Å². The number of benzene rings is 1. The topological polar surface area (TPSA) is 82.1 Å². The number of nitrogens with zero attached hydrogens (tertiary/aromatic N) is 2. The first-order valence-corrected chi connectivity index (χ1v) is 6.75. The fraction of sp³-hybridized carbons (Fsp3) is 0.214. The van der Waals surface area contributed by atoms with Crippen LogP contribution in [0.2, 0.25) is 0 Å². The molecule has 0 aliphatic rings. The van der Waals surface area contributed by atoms with Gasteiger partial charge in [0.2, 0.25) is 5.91 Å². The summed E-state index contributed by atoms with van der Waals surface area (Å²) in [5.41, 5.74) is 6.65. The Bertz CT molecular complexity index is 746. The molecule has 3 N–H and O–H groups in total. The molecule has 0 saturated heterocycles. The van der Waals surface area contributed by atoms with E-state index in [-0.39, 0.29) is 22.7 Å². The number of amides is 1. The third-order valence-electron chi connectivity index (χ3n) is 3.15. The molecule has 0 fully saturated rings. The summed E-state index contributed by atoms with van der Waals surface area (Å²) in [5, 5.41) is 2.58. The number of carbonyl (C=O) groups excluding carboxylic acids is 1. The van der Waals surface area contributed by atoms with Gasteiger partial charge >= 0.3 is 0 Å². The first-order valence-electron chi connectivity index (χ1n) is 6.34. The second kappa shape index (κ2) is 5.92. The Kier molecular flexibility index (Phi) is 4.23. The van der Waals surface area contributed by atoms with E-state index in [1.54, 1.807) is 18.7 Å². The third-order valence-corrected chi connectivity index (χ3v) is 3.30. The maximum atomic E-state index is 12.5. The second-order valence-corrected chi connectivity index (χ2v) is 5.15. The average Bonchev–Trinajstić information content (AvgIpc) is 2.63. The van der Waals surface area contributed by atoms with Gasteiger partial charge in [0.15, 0.2) is 0 Å². The van der Waals surface area contributed by atoms with Crippen LogP contribution < -0.4 is 16.6 Å². The lowest BCUT2D eigenvalue weighted by atomic mass is 10.3. The van der Waals surface area contributed by atoms with Crippen LogP contribution in [0.1, 0.15) is 12.1 Å². The molecule has 1 aromatic heterocycles. The standard InChI is InChI=1S/C14H16N4O2S/c1-9-13(16-12(19)8-11(15)21)14(20)18(17(9)2)10-6-4-3-5-7-10/h3-7H,8H2,1-2H3,(H2,15,21)(H,16,19). The summed E-state index contributed by atoms with van der Waals surface area (Å²) >= 11 is 4.69. The van der Waals surface area contributed by atoms with Crippen LogP contribution in [-0.4, -0.2) is 20.3 Å². The highest BCUT2D eigenvalue weighted by molar-refractivity contribution is 7.80. The largest absolute Gasteiger partial charge is 0.393 e. The highest BCUT2D eigenvalue weighted by atomic mass is 32.1. The van der Waals surface area contributed by atoms with Crippen molar-refractivity contribution in [3.8, 4) is 5.69 Å². The lowest BCUT2D eigenvalue weighted by Gasteiger charge is -2.07. The highest BCUT2D eigenvalue weighted by Crippen LogP contribution is 2.14. The van der Waals surface area contributed by atoms with E-state index in [0.29, 0.717) is 5.69 Å². The Balaban J connectivity index is 2.44. The third kappa shape index (κ3) is 3.03. The van der Waals surface area contributed by atoms with E-state index in [2.05, 4.69) is 17.5 Å². The van der Waals surface area contributed by atoms with Gasteiger partial charge in [-0.2, -0.15) is 0 Å². The van der Waals surface area contributed by atoms with Gasteiger partial charge in [-0.25, -0.2) is 4.68 Å². The van der Waals surface area contributed by atoms with Gasteiger partial charge in [-0.15, -0.1) is 0 Å². The number of thiocarbonyl (C=S) groups is 1. The van der Waals surface area contributed by atoms with E-state index < -0.39 is 5.91 Å². The maximum absolute atomic E-state index is 12.5. The van der Waals surface area contributed by atoms with Crippen LogP contribution in [0.5, 0.6) is 0 Å². The molecule has 0 spiro atoms. The summed E-state index contributed by atoms with van der Waals surface area (Å²) < 4.78 is 3.18. The van der Waals surface area contributed by atoms with Crippen molar-refractivity contribution in [1.29, 1.82) is 0 Å². The van der Waals surface area contributed by atoms with E-state index in [0.717, 1.165) is 5.69 Å². The van der Waals surface area contributed by atoms with Crippen molar-refractivity contribution in [2.45, 2.75) is 13.3 Å². The number of aromatic nitrogens is 2. The normalized spacial score (nSPS) is 10.4. The minimum atomic E-state index is -0.395. The van der Waals surface area contributed by atoms with Crippen LogP contribution in [0.4, 0.5) is 5.69 Å². The van der Waals surface area contributed by atoms with E-state index in [4.69, 9.17) is 5.73 Å². The molecule has 0 aliphatic carbocycles. The fourth-order valence-corrected chi connectivity index (χ4v) is 2.19. The van der Waals surface area contributed by atoms with Gasteiger partial charge in [0.25, 0.3) is 5.56 Å². The van der Waals surface area contributed by atoms with Crippen molar-refractivity contribution in [3.05, 3.63) is 46.4 Å². The van der Waals surface area contributed by atoms with Gasteiger partial charge in [-0.1, -0.05) is 30.4 Å². The Labute approximate surface area is 127 Å². The summed E-state index contributed by atoms with van der Waals surface area (Å²) in [6, 6.07) is 9.20. The van der Waals surface area contributed by atoms with Crippen molar-refractivity contribution in [1.82, 2.24) is 9.36 Å². The van der Waals surface area contributed by atoms with Crippen LogP contribution in [0.15, 0.2) is 35.1 Å². The molecule has 0 atom stereocenters. The van der Waals surface area contributed by atoms with Gasteiger partial charge in [0.05, 0.1) is 22.8 Å². The summed E-state index contributed by atoms with van der Waals surface area (Å²) in [6.07, 6.45) is -0.0888. The number of anilines is 1. The molecule has 2 aromatic rings. The number of rotatable bonds is 4. The van der Waals surface area contributed by atoms with Crippen molar-refractivity contribution in [3.63, 3.8) is 0 Å². The lowest BCUT2D eigenvalue weighted by molar-refractivity contribution is -0.115. The minimum absolute atomic E-state index is 0.0875. The van der Waals surface area contributed by atoms with Crippen molar-refractivity contribution >= 4 is 28.8 Å². The first kappa shape index (κ1) is 15.0. The first-order chi connectivity index (χ1) is 9.91. The summed E-state index contributed by atoms with van der Waals surface area (Å²) in [4.78, 5) is 24.3. The molecule has 6 nitrogen and oxygen atoms in total. The molecule has 0 saturated carbocycles. The number of hydrogen-bond acceptors (Lipinski definition) is 3. The molecule has 1 amide bonds. The number of para-hydroxylation sites is 1. The zero-order chi connectivity index (χ0) is 15.6. The predicted octanol–water partition coefficient (Wildman–Crippen LogP) is 1.10. The van der Waals surface area contributed by atoms with Crippen molar-refractivity contribution in [2.75, 3.05) is 5.32 Å². The Hall–Kier alpha value is -2.41. The SMILES string of the molecule is Cc1c(NC(=O)CC(N)=S)c(=O)n(-c2ccccc2)n1C. The minimum Gasteiger partial charge on any atom is -0.393 e. The van der Waals surface area contributed by atoms with Crippen molar-refractivity contribution in [2.24, 2.45) is 12.8 Å². The van der Waals surface area contributed by atoms with Crippen LogP contribution in [0.3, 0.4) is 0 Å². The molecule has 0 unspecified atom stereocenters. The molecule has 21 heavy (non-hydrogen) atoms. The van der Waals surface area contributed by atoms with Gasteiger partial charge < -0.3 is 11.1 Å². The van der Waals surface area contributed by atoms with Crippen LogP contribution >= 0.6 is 12.2 Å². The zero-order valence-corrected chi connectivity index (χ0v) is 12.6. The summed E-state index contributed by atoms with van der Waals surface area (Å²) in [6.45, 7) is 1.76. The van der Waals surface area contributed by atoms with E-state index >= 15 is 0 Å². The molecule has 0 bridgehead atoms. The van der Waals surface area contributed by atoms with E-state index in [1.807, 2.05) is 30.3 Å². The van der Waals surface area contributed by atoms with Gasteiger partial charge in [0.1, 0.15) is 5.69 Å². The zero-order valence-electron chi connectivity index (χ0n) is 11.8. The Morgan fingerprint density at radius 2 is 1.95 bits per heavy atom. The molecule has 0 aliphatic heterocycles. The number of nitrogens with one attached hydrogen (secondary N) is 1. The molecule has 0 radical (unpaired) electrons. The molecule has 2 rings (SSSR count). The summed E-state index contributed by atoms with van der Waals surface area (Å²) in [7, 11) is 1.76. The van der Waals surface area contributed by atoms with Gasteiger partial charge in [-0.05, 0) is 19.1 Å². The smallest absolute Gasteiger partial charge is 0.295 e. The molecule has 1 aromatic carbocycles. The average molecular weight is 304 g/mol. The monoisotopic (exact) mass is 304 g/mol. The predicted molar refractivity (Wildman–Crippen MR) is 85.8 cm³/mol. The van der Waals surface area contributed by atoms with E-state index in [9.17, 15) is 9.59 Å². The molecule has 1 heterocycles. The highest BCUT2D eigenvalue weighted by Gasteiger charge is 2.18. The van der Waals surface area contributed by atoms with Gasteiger partial charge in [0, 0.05) is 7.05 Å². The fourth-order valence-electron chi connectivity index (χ4n) is 2.05. The Morgan fingerprint density at radius 1 is 1.33 bits per heavy atom. The van der Waals surface area contributed by atoms with Crippen LogP contribution in [0.25, 0.3) is 5.69 Å². The number of carbonyl (C=O) groups is 1. The molecular weight excluding hydrogens is 288 g/mol. The van der Waals surface area contributed by atoms with E-state index in [1.165, 1.54) is 4.68 Å². The molecule has 110 valence electrons. The quantitative estimate of drug-likeness (QED) is 0.829.